The summed E-state index contributed by atoms with van der Waals surface area (Å²) in [6.07, 6.45) is 4.46. The first-order valence-electron chi connectivity index (χ1n) is 7.50. The summed E-state index contributed by atoms with van der Waals surface area (Å²) in [6.45, 7) is 3.61. The molecule has 2 amide bonds. The molecule has 2 aliphatic rings. The summed E-state index contributed by atoms with van der Waals surface area (Å²) in [5.74, 6) is 0. The van der Waals surface area contributed by atoms with Gasteiger partial charge in [-0.1, -0.05) is 17.7 Å². The van der Waals surface area contributed by atoms with E-state index in [-0.39, 0.29) is 18.2 Å². The molecular weight excluding hydrogens is 252 g/mol. The van der Waals surface area contributed by atoms with Crippen LogP contribution >= 0.6 is 0 Å². The normalized spacial score (nSPS) is 25.9. The number of ether oxygens (including phenoxy) is 1. The molecule has 1 aromatic rings. The van der Waals surface area contributed by atoms with Gasteiger partial charge in [-0.15, -0.1) is 0 Å². The molecule has 108 valence electrons. The van der Waals surface area contributed by atoms with Crippen LogP contribution in [0.25, 0.3) is 0 Å². The number of amides is 2. The zero-order chi connectivity index (χ0) is 13.9. The Bertz CT molecular complexity index is 472. The minimum atomic E-state index is 0.0104. The number of aryl methyl sites for hydroxylation is 1. The van der Waals surface area contributed by atoms with Crippen LogP contribution in [0.2, 0.25) is 0 Å². The Balaban J connectivity index is 1.70. The second kappa shape index (κ2) is 5.83. The van der Waals surface area contributed by atoms with Gasteiger partial charge in [-0.2, -0.15) is 0 Å². The second-order valence-corrected chi connectivity index (χ2v) is 5.75. The average Bonchev–Trinajstić information content (AvgIpc) is 2.81. The monoisotopic (exact) mass is 274 g/mol. The van der Waals surface area contributed by atoms with Gasteiger partial charge in [-0.25, -0.2) is 4.79 Å². The van der Waals surface area contributed by atoms with Crippen LogP contribution in [0.1, 0.15) is 31.2 Å². The number of carbonyl (C=O) groups is 1. The maximum Gasteiger partial charge on any atom is 0.322 e. The lowest BCUT2D eigenvalue weighted by molar-refractivity contribution is 0.0413. The highest BCUT2D eigenvalue weighted by Gasteiger charge is 2.36. The van der Waals surface area contributed by atoms with Gasteiger partial charge in [0.2, 0.25) is 0 Å². The molecule has 2 fully saturated rings. The van der Waals surface area contributed by atoms with Gasteiger partial charge in [-0.05, 0) is 44.7 Å². The van der Waals surface area contributed by atoms with Crippen LogP contribution in [0, 0.1) is 6.92 Å². The number of hydrogen-bond donors (Lipinski definition) is 1. The Kier molecular flexibility index (Phi) is 3.92. The van der Waals surface area contributed by atoms with E-state index in [4.69, 9.17) is 4.74 Å². The Morgan fingerprint density at radius 1 is 1.25 bits per heavy atom. The van der Waals surface area contributed by atoms with Crippen molar-refractivity contribution < 1.29 is 9.53 Å². The van der Waals surface area contributed by atoms with Gasteiger partial charge in [0.15, 0.2) is 0 Å². The van der Waals surface area contributed by atoms with Crippen molar-refractivity contribution >= 4 is 11.7 Å². The molecule has 0 radical (unpaired) electrons. The lowest BCUT2D eigenvalue weighted by atomic mass is 10.2. The fourth-order valence-corrected chi connectivity index (χ4v) is 3.18. The van der Waals surface area contributed by atoms with E-state index in [9.17, 15) is 4.79 Å². The van der Waals surface area contributed by atoms with Gasteiger partial charge in [0.25, 0.3) is 0 Å². The molecule has 1 saturated heterocycles. The predicted octanol–water partition coefficient (Wildman–Crippen LogP) is 3.17. The topological polar surface area (TPSA) is 41.6 Å². The van der Waals surface area contributed by atoms with Crippen molar-refractivity contribution in [1.82, 2.24) is 4.90 Å². The molecule has 0 unspecified atom stereocenters. The molecule has 3 rings (SSSR count). The number of nitrogens with zero attached hydrogens (tertiary/aromatic N) is 1. The van der Waals surface area contributed by atoms with Crippen LogP contribution in [0.4, 0.5) is 10.5 Å². The highest BCUT2D eigenvalue weighted by Crippen LogP contribution is 2.29. The largest absolute Gasteiger partial charge is 0.376 e. The lowest BCUT2D eigenvalue weighted by Crippen LogP contribution is -2.45. The van der Waals surface area contributed by atoms with Crippen LogP contribution in [-0.2, 0) is 4.74 Å². The minimum Gasteiger partial charge on any atom is -0.376 e. The van der Waals surface area contributed by atoms with Crippen LogP contribution < -0.4 is 5.32 Å². The molecule has 0 spiro atoms. The van der Waals surface area contributed by atoms with Gasteiger partial charge in [-0.3, -0.25) is 0 Å². The fraction of sp³-hybridized carbons (Fsp3) is 0.562. The molecule has 1 heterocycles. The predicted molar refractivity (Wildman–Crippen MR) is 78.9 cm³/mol. The zero-order valence-corrected chi connectivity index (χ0v) is 12.0. The summed E-state index contributed by atoms with van der Waals surface area (Å²) < 4.78 is 5.85. The van der Waals surface area contributed by atoms with E-state index in [1.165, 1.54) is 5.56 Å². The van der Waals surface area contributed by atoms with Crippen molar-refractivity contribution in [3.63, 3.8) is 0 Å². The molecule has 1 aliphatic carbocycles. The molecule has 0 aromatic heterocycles. The third-order valence-electron chi connectivity index (χ3n) is 4.26. The average molecular weight is 274 g/mol. The van der Waals surface area contributed by atoms with E-state index >= 15 is 0 Å². The minimum absolute atomic E-state index is 0.0104. The van der Waals surface area contributed by atoms with Gasteiger partial charge < -0.3 is 15.0 Å². The Morgan fingerprint density at radius 3 is 2.85 bits per heavy atom. The number of rotatable bonds is 1. The van der Waals surface area contributed by atoms with Gasteiger partial charge >= 0.3 is 6.03 Å². The standard InChI is InChI=1S/C16H22N2O2/c1-12-6-8-13(9-7-12)17-16(19)18-10-3-11-20-15-5-2-4-14(15)18/h6-9,14-15H,2-5,10-11H2,1H3,(H,17,19)/t14-,15-/m0/s1. The number of hydrogen-bond acceptors (Lipinski definition) is 2. The van der Waals surface area contributed by atoms with E-state index in [2.05, 4.69) is 5.32 Å². The summed E-state index contributed by atoms with van der Waals surface area (Å²) in [6, 6.07) is 8.19. The van der Waals surface area contributed by atoms with Gasteiger partial charge in [0.1, 0.15) is 0 Å². The molecule has 20 heavy (non-hydrogen) atoms. The van der Waals surface area contributed by atoms with Gasteiger partial charge in [0, 0.05) is 18.8 Å². The van der Waals surface area contributed by atoms with Crippen LogP contribution in [0.15, 0.2) is 24.3 Å². The number of benzene rings is 1. The van der Waals surface area contributed by atoms with Crippen molar-refractivity contribution in [3.8, 4) is 0 Å². The van der Waals surface area contributed by atoms with Crippen LogP contribution in [0.5, 0.6) is 0 Å². The number of fused-ring (bicyclic) bond motifs is 1. The van der Waals surface area contributed by atoms with Crippen molar-refractivity contribution in [2.75, 3.05) is 18.5 Å². The molecule has 1 aromatic carbocycles. The van der Waals surface area contributed by atoms with Gasteiger partial charge in [0.05, 0.1) is 12.1 Å². The summed E-state index contributed by atoms with van der Waals surface area (Å²) in [7, 11) is 0. The number of anilines is 1. The summed E-state index contributed by atoms with van der Waals surface area (Å²) in [5, 5.41) is 3.01. The third kappa shape index (κ3) is 2.80. The Morgan fingerprint density at radius 2 is 2.05 bits per heavy atom. The molecule has 4 heteroatoms. The first-order valence-corrected chi connectivity index (χ1v) is 7.50. The first-order chi connectivity index (χ1) is 9.74. The van der Waals surface area contributed by atoms with Crippen LogP contribution in [0.3, 0.4) is 0 Å². The molecule has 2 atom stereocenters. The van der Waals surface area contributed by atoms with E-state index in [0.717, 1.165) is 44.5 Å². The number of nitrogens with one attached hydrogen (secondary N) is 1. The Hall–Kier alpha value is -1.55. The number of carbonyl (C=O) groups excluding carboxylic acids is 1. The SMILES string of the molecule is Cc1ccc(NC(=O)N2CCCO[C@H]3CCC[C@@H]32)cc1. The maximum atomic E-state index is 12.5. The molecule has 0 bridgehead atoms. The van der Waals surface area contributed by atoms with Crippen molar-refractivity contribution in [1.29, 1.82) is 0 Å². The molecule has 4 nitrogen and oxygen atoms in total. The molecule has 1 aliphatic heterocycles. The quantitative estimate of drug-likeness (QED) is 0.854. The highest BCUT2D eigenvalue weighted by molar-refractivity contribution is 5.89. The molecular formula is C16H22N2O2. The Labute approximate surface area is 120 Å². The second-order valence-electron chi connectivity index (χ2n) is 5.75. The van der Waals surface area contributed by atoms with E-state index in [0.29, 0.717) is 0 Å². The van der Waals surface area contributed by atoms with Crippen molar-refractivity contribution in [3.05, 3.63) is 29.8 Å². The lowest BCUT2D eigenvalue weighted by Gasteiger charge is -2.30. The maximum absolute atomic E-state index is 12.5. The van der Waals surface area contributed by atoms with E-state index in [1.807, 2.05) is 36.1 Å². The highest BCUT2D eigenvalue weighted by atomic mass is 16.5. The van der Waals surface area contributed by atoms with Crippen LogP contribution in [-0.4, -0.2) is 36.2 Å². The molecule has 1 saturated carbocycles. The summed E-state index contributed by atoms with van der Waals surface area (Å²) >= 11 is 0. The zero-order valence-electron chi connectivity index (χ0n) is 12.0. The summed E-state index contributed by atoms with van der Waals surface area (Å²) in [5.41, 5.74) is 2.06. The molecule has 1 N–H and O–H groups in total. The third-order valence-corrected chi connectivity index (χ3v) is 4.26. The number of urea groups is 1. The van der Waals surface area contributed by atoms with E-state index < -0.39 is 0 Å². The summed E-state index contributed by atoms with van der Waals surface area (Å²) in [4.78, 5) is 14.5. The van der Waals surface area contributed by atoms with Crippen molar-refractivity contribution in [2.45, 2.75) is 44.8 Å². The smallest absolute Gasteiger partial charge is 0.322 e. The first kappa shape index (κ1) is 13.4. The van der Waals surface area contributed by atoms with Crippen molar-refractivity contribution in [2.24, 2.45) is 0 Å². The van der Waals surface area contributed by atoms with E-state index in [1.54, 1.807) is 0 Å². The fourth-order valence-electron chi connectivity index (χ4n) is 3.18.